The molecule has 2 heterocycles. The van der Waals surface area contributed by atoms with Crippen LogP contribution in [0.4, 0.5) is 13.2 Å². The number of halogens is 3. The fraction of sp³-hybridized carbons (Fsp3) is 0.632. The summed E-state index contributed by atoms with van der Waals surface area (Å²) in [6.07, 6.45) is -1.74. The predicted molar refractivity (Wildman–Crippen MR) is 91.4 cm³/mol. The molecule has 1 aromatic carbocycles. The Balaban J connectivity index is 1.66. The lowest BCUT2D eigenvalue weighted by Crippen LogP contribution is -2.51. The molecule has 26 heavy (non-hydrogen) atoms. The van der Waals surface area contributed by atoms with Crippen LogP contribution < -0.4 is 0 Å². The highest BCUT2D eigenvalue weighted by Crippen LogP contribution is 2.37. The first-order valence-corrected chi connectivity index (χ1v) is 9.14. The summed E-state index contributed by atoms with van der Waals surface area (Å²) >= 11 is 0. The molecule has 4 nitrogen and oxygen atoms in total. The van der Waals surface area contributed by atoms with Crippen molar-refractivity contribution in [3.8, 4) is 0 Å². The van der Waals surface area contributed by atoms with Crippen molar-refractivity contribution in [3.63, 3.8) is 0 Å². The maximum Gasteiger partial charge on any atom is 0.416 e. The van der Waals surface area contributed by atoms with Crippen LogP contribution in [0.25, 0.3) is 0 Å². The number of carbonyl (C=O) groups is 1. The fourth-order valence-electron chi connectivity index (χ4n) is 3.92. The lowest BCUT2D eigenvalue weighted by Gasteiger charge is -2.40. The normalized spacial score (nSPS) is 22.4. The van der Waals surface area contributed by atoms with Crippen molar-refractivity contribution in [2.24, 2.45) is 0 Å². The van der Waals surface area contributed by atoms with Gasteiger partial charge in [-0.15, -0.1) is 0 Å². The molecule has 1 aromatic rings. The van der Waals surface area contributed by atoms with E-state index in [1.54, 1.807) is 4.90 Å². The molecular formula is C19H25F3N2O2. The quantitative estimate of drug-likeness (QED) is 0.890. The summed E-state index contributed by atoms with van der Waals surface area (Å²) in [6, 6.07) is 4.69. The van der Waals surface area contributed by atoms with Gasteiger partial charge in [0.1, 0.15) is 0 Å². The molecule has 0 unspecified atom stereocenters. The minimum Gasteiger partial charge on any atom is -0.385 e. The summed E-state index contributed by atoms with van der Waals surface area (Å²) in [5.41, 5.74) is -1.81. The number of aliphatic hydroxyl groups is 1. The smallest absolute Gasteiger partial charge is 0.385 e. The SMILES string of the molecule is C[C@H](C(=O)N1CCC(O)(c2cccc(C(F)(F)F)c2)CC1)N1CCCC1. The summed E-state index contributed by atoms with van der Waals surface area (Å²) in [5.74, 6) is 0.0398. The Morgan fingerprint density at radius 1 is 1.15 bits per heavy atom. The molecular weight excluding hydrogens is 345 g/mol. The average molecular weight is 370 g/mol. The molecule has 7 heteroatoms. The van der Waals surface area contributed by atoms with Gasteiger partial charge in [-0.05, 0) is 63.4 Å². The molecule has 0 saturated carbocycles. The Hall–Kier alpha value is -1.60. The standard InChI is InChI=1S/C19H25F3N2O2/c1-14(23-9-2-3-10-23)17(25)24-11-7-18(26,8-12-24)15-5-4-6-16(13-15)19(20,21)22/h4-6,13-14,26H,2-3,7-12H2,1H3/t14-/m1/s1. The van der Waals surface area contributed by atoms with E-state index in [0.717, 1.165) is 38.1 Å². The zero-order valence-electron chi connectivity index (χ0n) is 14.9. The molecule has 1 N–H and O–H groups in total. The van der Waals surface area contributed by atoms with Crippen LogP contribution in [0.5, 0.6) is 0 Å². The summed E-state index contributed by atoms with van der Waals surface area (Å²) in [7, 11) is 0. The van der Waals surface area contributed by atoms with E-state index in [1.807, 2.05) is 6.92 Å². The average Bonchev–Trinajstić information content (AvgIpc) is 3.15. The Kier molecular flexibility index (Phi) is 5.30. The number of likely N-dealkylation sites (tertiary alicyclic amines) is 2. The number of amides is 1. The van der Waals surface area contributed by atoms with Gasteiger partial charge in [-0.2, -0.15) is 13.2 Å². The van der Waals surface area contributed by atoms with Gasteiger partial charge in [-0.1, -0.05) is 12.1 Å². The maximum atomic E-state index is 12.9. The van der Waals surface area contributed by atoms with E-state index in [0.29, 0.717) is 13.1 Å². The van der Waals surface area contributed by atoms with Gasteiger partial charge in [0.05, 0.1) is 17.2 Å². The van der Waals surface area contributed by atoms with Gasteiger partial charge in [-0.3, -0.25) is 9.69 Å². The van der Waals surface area contributed by atoms with Gasteiger partial charge in [-0.25, -0.2) is 0 Å². The van der Waals surface area contributed by atoms with Gasteiger partial charge < -0.3 is 10.0 Å². The zero-order chi connectivity index (χ0) is 18.9. The van der Waals surface area contributed by atoms with Gasteiger partial charge in [0.15, 0.2) is 0 Å². The molecule has 1 amide bonds. The van der Waals surface area contributed by atoms with Crippen LogP contribution in [0.3, 0.4) is 0 Å². The van der Waals surface area contributed by atoms with E-state index >= 15 is 0 Å². The van der Waals surface area contributed by atoms with Crippen LogP contribution in [-0.2, 0) is 16.6 Å². The lowest BCUT2D eigenvalue weighted by atomic mass is 9.83. The first kappa shape index (κ1) is 19.2. The van der Waals surface area contributed by atoms with Crippen molar-refractivity contribution < 1.29 is 23.1 Å². The Morgan fingerprint density at radius 3 is 2.35 bits per heavy atom. The van der Waals surface area contributed by atoms with Gasteiger partial charge in [0.2, 0.25) is 5.91 Å². The van der Waals surface area contributed by atoms with Gasteiger partial charge in [0.25, 0.3) is 0 Å². The number of rotatable bonds is 3. The molecule has 0 spiro atoms. The van der Waals surface area contributed by atoms with Crippen LogP contribution in [0.15, 0.2) is 24.3 Å². The molecule has 144 valence electrons. The first-order chi connectivity index (χ1) is 12.2. The fourth-order valence-corrected chi connectivity index (χ4v) is 3.92. The van der Waals surface area contributed by atoms with Crippen LogP contribution in [0, 0.1) is 0 Å². The van der Waals surface area contributed by atoms with E-state index in [9.17, 15) is 23.1 Å². The lowest BCUT2D eigenvalue weighted by molar-refractivity contribution is -0.140. The van der Waals surface area contributed by atoms with Crippen molar-refractivity contribution >= 4 is 5.91 Å². The third-order valence-corrected chi connectivity index (χ3v) is 5.68. The topological polar surface area (TPSA) is 43.8 Å². The number of piperidine rings is 1. The van der Waals surface area contributed by atoms with Crippen molar-refractivity contribution in [1.82, 2.24) is 9.80 Å². The summed E-state index contributed by atoms with van der Waals surface area (Å²) in [4.78, 5) is 16.6. The molecule has 1 atom stereocenters. The maximum absolute atomic E-state index is 12.9. The van der Waals surface area contributed by atoms with Crippen molar-refractivity contribution in [2.75, 3.05) is 26.2 Å². The molecule has 2 aliphatic heterocycles. The third kappa shape index (κ3) is 3.88. The minimum atomic E-state index is -4.44. The molecule has 0 radical (unpaired) electrons. The minimum absolute atomic E-state index is 0.0398. The first-order valence-electron chi connectivity index (χ1n) is 9.14. The van der Waals surface area contributed by atoms with E-state index < -0.39 is 17.3 Å². The molecule has 0 aliphatic carbocycles. The van der Waals surface area contributed by atoms with Gasteiger partial charge in [0, 0.05) is 13.1 Å². The molecule has 0 aromatic heterocycles. The number of hydrogen-bond acceptors (Lipinski definition) is 3. The summed E-state index contributed by atoms with van der Waals surface area (Å²) in [6.45, 7) is 4.46. The number of benzene rings is 1. The monoisotopic (exact) mass is 370 g/mol. The van der Waals surface area contributed by atoms with Crippen molar-refractivity contribution in [1.29, 1.82) is 0 Å². The Bertz CT molecular complexity index is 648. The van der Waals surface area contributed by atoms with Crippen LogP contribution in [-0.4, -0.2) is 53.0 Å². The molecule has 0 bridgehead atoms. The highest BCUT2D eigenvalue weighted by molar-refractivity contribution is 5.81. The molecule has 2 aliphatic rings. The van der Waals surface area contributed by atoms with Crippen LogP contribution >= 0.6 is 0 Å². The summed E-state index contributed by atoms with van der Waals surface area (Å²) < 4.78 is 38.8. The summed E-state index contributed by atoms with van der Waals surface area (Å²) in [5, 5.41) is 10.9. The largest absolute Gasteiger partial charge is 0.416 e. The predicted octanol–water partition coefficient (Wildman–Crippen LogP) is 3.00. The number of alkyl halides is 3. The second-order valence-electron chi connectivity index (χ2n) is 7.35. The second-order valence-corrected chi connectivity index (χ2v) is 7.35. The number of nitrogens with zero attached hydrogens (tertiary/aromatic N) is 2. The van der Waals surface area contributed by atoms with Gasteiger partial charge >= 0.3 is 6.18 Å². The highest BCUT2D eigenvalue weighted by Gasteiger charge is 2.39. The third-order valence-electron chi connectivity index (χ3n) is 5.68. The second kappa shape index (κ2) is 7.19. The molecule has 2 fully saturated rings. The zero-order valence-corrected chi connectivity index (χ0v) is 14.9. The Morgan fingerprint density at radius 2 is 1.77 bits per heavy atom. The van der Waals surface area contributed by atoms with E-state index in [4.69, 9.17) is 0 Å². The van der Waals surface area contributed by atoms with Crippen molar-refractivity contribution in [3.05, 3.63) is 35.4 Å². The number of carbonyl (C=O) groups excluding carboxylic acids is 1. The van der Waals surface area contributed by atoms with Crippen LogP contribution in [0.2, 0.25) is 0 Å². The van der Waals surface area contributed by atoms with E-state index in [2.05, 4.69) is 4.90 Å². The molecule has 2 saturated heterocycles. The number of hydrogen-bond donors (Lipinski definition) is 1. The van der Waals surface area contributed by atoms with E-state index in [-0.39, 0.29) is 30.4 Å². The van der Waals surface area contributed by atoms with E-state index in [1.165, 1.54) is 12.1 Å². The van der Waals surface area contributed by atoms with Crippen molar-refractivity contribution in [2.45, 2.75) is 50.4 Å². The van der Waals surface area contributed by atoms with Crippen LogP contribution in [0.1, 0.15) is 43.7 Å². The highest BCUT2D eigenvalue weighted by atomic mass is 19.4. The Labute approximate surface area is 151 Å². The molecule has 3 rings (SSSR count).